The Hall–Kier alpha value is -2.28. The zero-order valence-electron chi connectivity index (χ0n) is 41.2. The summed E-state index contributed by atoms with van der Waals surface area (Å²) in [6, 6.07) is 0. The van der Waals surface area contributed by atoms with E-state index in [1.54, 1.807) is 0 Å². The Balaban J connectivity index is 2.48. The molecular weight excluding hydrogens is 761 g/mol. The maximum atomic E-state index is 15.8. The van der Waals surface area contributed by atoms with Gasteiger partial charge in [0, 0.05) is 84.4 Å². The molecule has 12 nitrogen and oxygen atoms in total. The molecule has 0 aliphatic carbocycles. The lowest BCUT2D eigenvalue weighted by molar-refractivity contribution is -0.394. The molecule has 0 spiro atoms. The molecular formula is C48H82N4O8-4. The highest BCUT2D eigenvalue weighted by atomic mass is 16.4. The molecule has 346 valence electrons. The van der Waals surface area contributed by atoms with E-state index >= 15 is 29.7 Å². The van der Waals surface area contributed by atoms with Crippen LogP contribution in [-0.4, -0.2) is 116 Å². The fourth-order valence-corrected chi connectivity index (χ4v) is 15.1. The van der Waals surface area contributed by atoms with E-state index in [0.29, 0.717) is 0 Å². The monoisotopic (exact) mass is 843 g/mol. The highest BCUT2D eigenvalue weighted by Gasteiger charge is 2.77. The predicted octanol–water partition coefficient (Wildman–Crippen LogP) is 2.93. The minimum Gasteiger partial charge on any atom is -0.550 e. The lowest BCUT2D eigenvalue weighted by atomic mass is 9.32. The summed E-state index contributed by atoms with van der Waals surface area (Å²) in [6.07, 6.45) is -0.315. The quantitative estimate of drug-likeness (QED) is 0.298. The molecule has 4 aliphatic rings. The van der Waals surface area contributed by atoms with E-state index in [-0.39, 0.29) is 51.4 Å². The van der Waals surface area contributed by atoms with Gasteiger partial charge in [0.05, 0.1) is 0 Å². The molecule has 0 aromatic heterocycles. The number of carboxylic acids is 4. The standard InChI is InChI=1S/C48H86N4O8/c1-38(2)21-30(22-39(3,4)49(38)17)46(35(55)56,29-34(53)54)48(37(59)60,33-27-44(13,14)52(20)45(15,16)28-33)47(36(57)58,31-23-40(5,6)50(18)41(7,8)24-31)32-25-42(9,10)51(19)43(11,12)26-32/h30-33H,21-29H2,1-20H3,(H,53,54)(H,55,56)(H,57,58)(H,59,60)/p-4. The van der Waals surface area contributed by atoms with Crippen LogP contribution < -0.4 is 20.4 Å². The van der Waals surface area contributed by atoms with E-state index in [4.69, 9.17) is 0 Å². The predicted molar refractivity (Wildman–Crippen MR) is 227 cm³/mol. The summed E-state index contributed by atoms with van der Waals surface area (Å²) in [6.45, 7) is 31.8. The van der Waals surface area contributed by atoms with Gasteiger partial charge in [0.1, 0.15) is 0 Å². The van der Waals surface area contributed by atoms with Crippen LogP contribution in [-0.2, 0) is 19.2 Å². The second-order valence-electron chi connectivity index (χ2n) is 25.2. The first-order valence-corrected chi connectivity index (χ1v) is 22.4. The number of hydrogen-bond acceptors (Lipinski definition) is 12. The van der Waals surface area contributed by atoms with Crippen molar-refractivity contribution in [1.29, 1.82) is 0 Å². The van der Waals surface area contributed by atoms with E-state index in [1.165, 1.54) is 0 Å². The number of piperidine rings is 4. The Morgan fingerprint density at radius 1 is 0.400 bits per heavy atom. The van der Waals surface area contributed by atoms with Crippen LogP contribution in [0.15, 0.2) is 0 Å². The van der Waals surface area contributed by atoms with Crippen molar-refractivity contribution < 1.29 is 39.6 Å². The lowest BCUT2D eigenvalue weighted by Gasteiger charge is -2.76. The molecule has 4 heterocycles. The molecule has 0 bridgehead atoms. The number of likely N-dealkylation sites (tertiary alicyclic amines) is 4. The Morgan fingerprint density at radius 3 is 0.833 bits per heavy atom. The number of carbonyl (C=O) groups excluding carboxylic acids is 4. The zero-order valence-corrected chi connectivity index (χ0v) is 41.2. The normalized spacial score (nSPS) is 29.9. The van der Waals surface area contributed by atoms with Crippen LogP contribution in [0.3, 0.4) is 0 Å². The first kappa shape index (κ1) is 50.4. The third kappa shape index (κ3) is 7.34. The summed E-state index contributed by atoms with van der Waals surface area (Å²) in [7, 11) is 7.84. The van der Waals surface area contributed by atoms with Gasteiger partial charge in [-0.1, -0.05) is 0 Å². The molecule has 0 amide bonds. The van der Waals surface area contributed by atoms with Gasteiger partial charge in [0.2, 0.25) is 0 Å². The minimum atomic E-state index is -2.90. The summed E-state index contributed by atoms with van der Waals surface area (Å²) in [5, 5.41) is 60.6. The average Bonchev–Trinajstić information content (AvgIpc) is 3.03. The molecule has 4 saturated heterocycles. The van der Waals surface area contributed by atoms with Gasteiger partial charge in [0.15, 0.2) is 0 Å². The summed E-state index contributed by atoms with van der Waals surface area (Å²) in [4.78, 5) is 69.2. The van der Waals surface area contributed by atoms with Gasteiger partial charge in [-0.15, -0.1) is 0 Å². The molecule has 12 heteroatoms. The van der Waals surface area contributed by atoms with Gasteiger partial charge < -0.3 is 39.6 Å². The van der Waals surface area contributed by atoms with E-state index in [1.807, 2.05) is 139 Å². The summed E-state index contributed by atoms with van der Waals surface area (Å²) >= 11 is 0. The van der Waals surface area contributed by atoms with Gasteiger partial charge in [0.25, 0.3) is 0 Å². The van der Waals surface area contributed by atoms with Crippen molar-refractivity contribution in [3.63, 3.8) is 0 Å². The second kappa shape index (κ2) is 14.9. The minimum absolute atomic E-state index is 0.0518. The molecule has 4 aliphatic heterocycles. The third-order valence-corrected chi connectivity index (χ3v) is 18.6. The fraction of sp³-hybridized carbons (Fsp3) is 0.917. The number of nitrogens with zero attached hydrogens (tertiary/aromatic N) is 4. The second-order valence-corrected chi connectivity index (χ2v) is 25.2. The van der Waals surface area contributed by atoms with Crippen molar-refractivity contribution in [2.45, 2.75) is 213 Å². The van der Waals surface area contributed by atoms with E-state index in [2.05, 4.69) is 19.6 Å². The zero-order chi connectivity index (χ0) is 46.8. The Morgan fingerprint density at radius 2 is 0.633 bits per heavy atom. The Bertz CT molecular complexity index is 1600. The number of aliphatic carboxylic acids is 4. The molecule has 0 radical (unpaired) electrons. The maximum Gasteiger partial charge on any atom is 0.0498 e. The molecule has 0 saturated carbocycles. The fourth-order valence-electron chi connectivity index (χ4n) is 15.1. The number of carbonyl (C=O) groups is 4. The average molecular weight is 843 g/mol. The first-order chi connectivity index (χ1) is 26.6. The van der Waals surface area contributed by atoms with Crippen LogP contribution in [0.5, 0.6) is 0 Å². The first-order valence-electron chi connectivity index (χ1n) is 22.4. The van der Waals surface area contributed by atoms with E-state index in [9.17, 15) is 9.90 Å². The molecule has 4 rings (SSSR count). The third-order valence-electron chi connectivity index (χ3n) is 18.6. The SMILES string of the molecule is CN1C(C)(C)CC(C(CC(=O)[O-])(C(=O)[O-])C(C(=O)[O-])(C2CC(C)(C)N(C)C(C)(C)C2)C(C(=O)[O-])(C2CC(C)(C)N(C)C(C)(C)C2)C2CC(C)(C)N(C)C(C)(C)C2)CC1(C)C. The van der Waals surface area contributed by atoms with Gasteiger partial charge in [-0.05, 0) is 220 Å². The van der Waals surface area contributed by atoms with Crippen molar-refractivity contribution in [2.24, 2.45) is 39.9 Å². The van der Waals surface area contributed by atoms with Gasteiger partial charge in [-0.25, -0.2) is 0 Å². The molecule has 2 unspecified atom stereocenters. The van der Waals surface area contributed by atoms with Crippen molar-refractivity contribution in [3.8, 4) is 0 Å². The number of hydrogen-bond donors (Lipinski definition) is 0. The Labute approximate surface area is 363 Å². The molecule has 60 heavy (non-hydrogen) atoms. The van der Waals surface area contributed by atoms with Crippen LogP contribution in [0.4, 0.5) is 0 Å². The van der Waals surface area contributed by atoms with Gasteiger partial charge in [-0.2, -0.15) is 0 Å². The smallest absolute Gasteiger partial charge is 0.0498 e. The van der Waals surface area contributed by atoms with E-state index in [0.717, 1.165) is 0 Å². The topological polar surface area (TPSA) is 173 Å². The molecule has 4 fully saturated rings. The largest absolute Gasteiger partial charge is 0.550 e. The highest BCUT2D eigenvalue weighted by molar-refractivity contribution is 5.94. The van der Waals surface area contributed by atoms with Crippen LogP contribution in [0.2, 0.25) is 0 Å². The van der Waals surface area contributed by atoms with Crippen molar-refractivity contribution in [3.05, 3.63) is 0 Å². The number of carboxylic acid groups (broad SMARTS) is 4. The Kier molecular flexibility index (Phi) is 12.5. The van der Waals surface area contributed by atoms with Crippen molar-refractivity contribution in [2.75, 3.05) is 28.2 Å². The summed E-state index contributed by atoms with van der Waals surface area (Å²) in [5.74, 6) is -11.6. The van der Waals surface area contributed by atoms with Crippen molar-refractivity contribution in [1.82, 2.24) is 19.6 Å². The number of rotatable bonds is 11. The maximum absolute atomic E-state index is 15.8. The van der Waals surface area contributed by atoms with Crippen LogP contribution in [0, 0.1) is 39.9 Å². The molecule has 0 aromatic rings. The molecule has 0 aromatic carbocycles. The van der Waals surface area contributed by atoms with Crippen LogP contribution >= 0.6 is 0 Å². The molecule has 0 N–H and O–H groups in total. The van der Waals surface area contributed by atoms with Crippen molar-refractivity contribution >= 4 is 23.9 Å². The van der Waals surface area contributed by atoms with Crippen LogP contribution in [0.25, 0.3) is 0 Å². The summed E-state index contributed by atoms with van der Waals surface area (Å²) < 4.78 is 0. The highest BCUT2D eigenvalue weighted by Crippen LogP contribution is 2.74. The summed E-state index contributed by atoms with van der Waals surface area (Å²) in [5.41, 5.74) is -14.2. The van der Waals surface area contributed by atoms with Gasteiger partial charge >= 0.3 is 0 Å². The van der Waals surface area contributed by atoms with Gasteiger partial charge in [-0.3, -0.25) is 19.6 Å². The van der Waals surface area contributed by atoms with Crippen LogP contribution in [0.1, 0.15) is 169 Å². The molecule has 2 atom stereocenters. The van der Waals surface area contributed by atoms with E-state index < -0.39 is 115 Å². The lowest BCUT2D eigenvalue weighted by Crippen LogP contribution is -2.82.